The van der Waals surface area contributed by atoms with Gasteiger partial charge >= 0.3 is 5.97 Å². The average molecular weight is 338 g/mol. The SMILES string of the molecule is COC(=O)/C=C(\Nc1ccc(C)c(C)c1)C(=O)NCc1ccccc1. The molecule has 0 atom stereocenters. The Morgan fingerprint density at radius 1 is 1.04 bits per heavy atom. The Bertz CT molecular complexity index is 783. The average Bonchev–Trinajstić information content (AvgIpc) is 2.62. The summed E-state index contributed by atoms with van der Waals surface area (Å²) in [6.45, 7) is 4.36. The highest BCUT2D eigenvalue weighted by atomic mass is 16.5. The molecule has 0 aliphatic heterocycles. The lowest BCUT2D eigenvalue weighted by atomic mass is 10.1. The molecule has 0 aliphatic carbocycles. The Labute approximate surface area is 147 Å². The standard InChI is InChI=1S/C20H22N2O3/c1-14-9-10-17(11-15(14)2)22-18(12-19(23)25-3)20(24)21-13-16-7-5-4-6-8-16/h4-12,22H,13H2,1-3H3,(H,21,24)/b18-12-. The van der Waals surface area contributed by atoms with Crippen LogP contribution in [0.1, 0.15) is 16.7 Å². The lowest BCUT2D eigenvalue weighted by molar-refractivity contribution is -0.135. The maximum absolute atomic E-state index is 12.5. The molecule has 5 heteroatoms. The Balaban J connectivity index is 2.14. The lowest BCUT2D eigenvalue weighted by Crippen LogP contribution is -2.28. The van der Waals surface area contributed by atoms with Gasteiger partial charge in [-0.05, 0) is 42.7 Å². The summed E-state index contributed by atoms with van der Waals surface area (Å²) in [5.74, 6) is -0.978. The predicted octanol–water partition coefficient (Wildman–Crippen LogP) is 3.09. The van der Waals surface area contributed by atoms with Crippen molar-refractivity contribution in [3.8, 4) is 0 Å². The lowest BCUT2D eigenvalue weighted by Gasteiger charge is -2.13. The van der Waals surface area contributed by atoms with E-state index in [1.165, 1.54) is 7.11 Å². The zero-order chi connectivity index (χ0) is 18.2. The molecule has 0 aromatic heterocycles. The van der Waals surface area contributed by atoms with E-state index in [0.717, 1.165) is 28.5 Å². The normalized spacial score (nSPS) is 10.9. The minimum absolute atomic E-state index is 0.131. The van der Waals surface area contributed by atoms with Gasteiger partial charge in [0, 0.05) is 12.2 Å². The molecule has 130 valence electrons. The first kappa shape index (κ1) is 18.3. The van der Waals surface area contributed by atoms with Crippen LogP contribution in [0.2, 0.25) is 0 Å². The number of hydrogen-bond acceptors (Lipinski definition) is 4. The summed E-state index contributed by atoms with van der Waals surface area (Å²) in [5.41, 5.74) is 4.07. The van der Waals surface area contributed by atoms with E-state index in [1.807, 2.05) is 62.4 Å². The minimum Gasteiger partial charge on any atom is -0.466 e. The Kier molecular flexibility index (Phi) is 6.34. The third kappa shape index (κ3) is 5.49. The molecule has 0 radical (unpaired) electrons. The van der Waals surface area contributed by atoms with Crippen molar-refractivity contribution in [2.45, 2.75) is 20.4 Å². The molecular weight excluding hydrogens is 316 g/mol. The highest BCUT2D eigenvalue weighted by Gasteiger charge is 2.12. The largest absolute Gasteiger partial charge is 0.466 e. The van der Waals surface area contributed by atoms with Gasteiger partial charge in [-0.25, -0.2) is 4.79 Å². The highest BCUT2D eigenvalue weighted by molar-refractivity contribution is 6.01. The topological polar surface area (TPSA) is 67.4 Å². The monoisotopic (exact) mass is 338 g/mol. The van der Waals surface area contributed by atoms with E-state index >= 15 is 0 Å². The number of carbonyl (C=O) groups is 2. The third-order valence-electron chi connectivity index (χ3n) is 3.79. The number of ether oxygens (including phenoxy) is 1. The number of esters is 1. The van der Waals surface area contributed by atoms with Gasteiger partial charge in [0.25, 0.3) is 5.91 Å². The number of aryl methyl sites for hydroxylation is 2. The highest BCUT2D eigenvalue weighted by Crippen LogP contribution is 2.16. The number of anilines is 1. The van der Waals surface area contributed by atoms with Crippen LogP contribution in [0.3, 0.4) is 0 Å². The van der Waals surface area contributed by atoms with E-state index < -0.39 is 5.97 Å². The fraction of sp³-hybridized carbons (Fsp3) is 0.200. The van der Waals surface area contributed by atoms with Gasteiger partial charge in [0.05, 0.1) is 13.2 Å². The van der Waals surface area contributed by atoms with Crippen LogP contribution in [0.4, 0.5) is 5.69 Å². The molecule has 5 nitrogen and oxygen atoms in total. The first-order valence-corrected chi connectivity index (χ1v) is 7.95. The van der Waals surface area contributed by atoms with E-state index in [-0.39, 0.29) is 11.6 Å². The molecule has 0 saturated heterocycles. The van der Waals surface area contributed by atoms with Crippen LogP contribution in [0, 0.1) is 13.8 Å². The number of rotatable bonds is 6. The van der Waals surface area contributed by atoms with Crippen LogP contribution in [0.5, 0.6) is 0 Å². The zero-order valence-electron chi connectivity index (χ0n) is 14.6. The van der Waals surface area contributed by atoms with Crippen molar-refractivity contribution in [1.29, 1.82) is 0 Å². The van der Waals surface area contributed by atoms with Crippen molar-refractivity contribution in [2.75, 3.05) is 12.4 Å². The van der Waals surface area contributed by atoms with Gasteiger partial charge in [-0.2, -0.15) is 0 Å². The minimum atomic E-state index is -0.596. The molecule has 0 heterocycles. The van der Waals surface area contributed by atoms with Crippen molar-refractivity contribution in [3.63, 3.8) is 0 Å². The summed E-state index contributed by atoms with van der Waals surface area (Å²) in [4.78, 5) is 24.1. The summed E-state index contributed by atoms with van der Waals surface area (Å²) in [5, 5.41) is 5.79. The molecule has 1 amide bonds. The second-order valence-corrected chi connectivity index (χ2v) is 5.67. The van der Waals surface area contributed by atoms with E-state index in [4.69, 9.17) is 0 Å². The number of carbonyl (C=O) groups excluding carboxylic acids is 2. The van der Waals surface area contributed by atoms with Gasteiger partial charge in [-0.1, -0.05) is 36.4 Å². The van der Waals surface area contributed by atoms with Crippen molar-refractivity contribution in [2.24, 2.45) is 0 Å². The Morgan fingerprint density at radius 2 is 1.76 bits per heavy atom. The third-order valence-corrected chi connectivity index (χ3v) is 3.79. The molecule has 0 aliphatic rings. The number of benzene rings is 2. The maximum atomic E-state index is 12.5. The first-order valence-electron chi connectivity index (χ1n) is 7.95. The molecular formula is C20H22N2O3. The summed E-state index contributed by atoms with van der Waals surface area (Å²) < 4.78 is 4.64. The molecule has 0 unspecified atom stereocenters. The summed E-state index contributed by atoms with van der Waals surface area (Å²) in [6, 6.07) is 15.3. The van der Waals surface area contributed by atoms with Gasteiger partial charge in [0.1, 0.15) is 5.70 Å². The van der Waals surface area contributed by atoms with Gasteiger partial charge in [-0.15, -0.1) is 0 Å². The number of amides is 1. The fourth-order valence-electron chi connectivity index (χ4n) is 2.18. The van der Waals surface area contributed by atoms with E-state index in [1.54, 1.807) is 0 Å². The van der Waals surface area contributed by atoms with E-state index in [9.17, 15) is 9.59 Å². The van der Waals surface area contributed by atoms with Crippen LogP contribution in [0.25, 0.3) is 0 Å². The van der Waals surface area contributed by atoms with Crippen LogP contribution in [0.15, 0.2) is 60.3 Å². The molecule has 0 bridgehead atoms. The van der Waals surface area contributed by atoms with E-state index in [2.05, 4.69) is 15.4 Å². The molecule has 2 rings (SSSR count). The fourth-order valence-corrected chi connectivity index (χ4v) is 2.18. The summed E-state index contributed by atoms with van der Waals surface area (Å²) in [7, 11) is 1.27. The molecule has 2 N–H and O–H groups in total. The Morgan fingerprint density at radius 3 is 2.40 bits per heavy atom. The van der Waals surface area contributed by atoms with Crippen molar-refractivity contribution < 1.29 is 14.3 Å². The molecule has 2 aromatic carbocycles. The van der Waals surface area contributed by atoms with Gasteiger partial charge in [0.2, 0.25) is 0 Å². The van der Waals surface area contributed by atoms with Crippen LogP contribution in [-0.4, -0.2) is 19.0 Å². The van der Waals surface area contributed by atoms with Crippen molar-refractivity contribution >= 4 is 17.6 Å². The van der Waals surface area contributed by atoms with Gasteiger partial charge in [-0.3, -0.25) is 4.79 Å². The quantitative estimate of drug-likeness (QED) is 0.627. The molecule has 25 heavy (non-hydrogen) atoms. The number of nitrogens with one attached hydrogen (secondary N) is 2. The van der Waals surface area contributed by atoms with Gasteiger partial charge in [0.15, 0.2) is 0 Å². The second-order valence-electron chi connectivity index (χ2n) is 5.67. The number of methoxy groups -OCH3 is 1. The Hall–Kier alpha value is -3.08. The second kappa shape index (κ2) is 8.68. The maximum Gasteiger partial charge on any atom is 0.332 e. The van der Waals surface area contributed by atoms with Crippen LogP contribution < -0.4 is 10.6 Å². The molecule has 0 saturated carbocycles. The molecule has 2 aromatic rings. The van der Waals surface area contributed by atoms with Crippen molar-refractivity contribution in [3.05, 3.63) is 77.0 Å². The molecule has 0 fully saturated rings. The predicted molar refractivity (Wildman–Crippen MR) is 97.9 cm³/mol. The smallest absolute Gasteiger partial charge is 0.332 e. The first-order chi connectivity index (χ1) is 12.0. The number of hydrogen-bond donors (Lipinski definition) is 2. The zero-order valence-corrected chi connectivity index (χ0v) is 14.6. The van der Waals surface area contributed by atoms with Crippen LogP contribution >= 0.6 is 0 Å². The summed E-state index contributed by atoms with van der Waals surface area (Å²) in [6.07, 6.45) is 1.15. The van der Waals surface area contributed by atoms with Crippen LogP contribution in [-0.2, 0) is 20.9 Å². The summed E-state index contributed by atoms with van der Waals surface area (Å²) >= 11 is 0. The van der Waals surface area contributed by atoms with E-state index in [0.29, 0.717) is 6.54 Å². The molecule has 0 spiro atoms. The van der Waals surface area contributed by atoms with Gasteiger partial charge < -0.3 is 15.4 Å². The van der Waals surface area contributed by atoms with Crippen molar-refractivity contribution in [1.82, 2.24) is 5.32 Å².